The quantitative estimate of drug-likeness (QED) is 0.702. The number of hydrogen-bond donors (Lipinski definition) is 2. The predicted octanol–water partition coefficient (Wildman–Crippen LogP) is 3.08. The van der Waals surface area contributed by atoms with Crippen LogP contribution in [0.2, 0.25) is 0 Å². The van der Waals surface area contributed by atoms with Crippen molar-refractivity contribution >= 4 is 27.1 Å². The number of nitrogens with one attached hydrogen (secondary N) is 2. The summed E-state index contributed by atoms with van der Waals surface area (Å²) in [7, 11) is 0. The summed E-state index contributed by atoms with van der Waals surface area (Å²) in [4.78, 5) is 34.6. The first-order valence-electron chi connectivity index (χ1n) is 8.59. The van der Waals surface area contributed by atoms with Gasteiger partial charge in [-0.15, -0.1) is 0 Å². The maximum atomic E-state index is 12.3. The zero-order valence-electron chi connectivity index (χ0n) is 13.7. The third-order valence-corrected chi connectivity index (χ3v) is 5.46. The lowest BCUT2D eigenvalue weighted by Crippen LogP contribution is -2.30. The van der Waals surface area contributed by atoms with Gasteiger partial charge >= 0.3 is 5.69 Å². The third-order valence-electron chi connectivity index (χ3n) is 4.93. The zero-order valence-corrected chi connectivity index (χ0v) is 15.3. The largest absolute Gasteiger partial charge is 0.336 e. The molecule has 0 bridgehead atoms. The van der Waals surface area contributed by atoms with E-state index < -0.39 is 11.2 Å². The molecule has 6 nitrogen and oxygen atoms in total. The standard InChI is InChI=1S/C18H19BrN4O2/c19-13-7-5-11(6-8-13)9-10-23-16-14(17(24)22-18(23)25)20-15(21-16)12-3-1-2-4-12/h5-8,12H,1-4,9-10H2,(H,20,21)(H,22,24,25). The van der Waals surface area contributed by atoms with Gasteiger partial charge in [-0.2, -0.15) is 0 Å². The number of aromatic nitrogens is 4. The number of aryl methyl sites for hydroxylation is 2. The number of H-pyrrole nitrogens is 2. The highest BCUT2D eigenvalue weighted by Crippen LogP contribution is 2.32. The van der Waals surface area contributed by atoms with Gasteiger partial charge < -0.3 is 4.98 Å². The van der Waals surface area contributed by atoms with Gasteiger partial charge in [0.05, 0.1) is 0 Å². The van der Waals surface area contributed by atoms with Gasteiger partial charge in [-0.25, -0.2) is 9.78 Å². The summed E-state index contributed by atoms with van der Waals surface area (Å²) < 4.78 is 2.58. The van der Waals surface area contributed by atoms with Crippen LogP contribution in [-0.2, 0) is 13.0 Å². The maximum absolute atomic E-state index is 12.3. The molecule has 7 heteroatoms. The highest BCUT2D eigenvalue weighted by atomic mass is 79.9. The molecular formula is C18H19BrN4O2. The molecule has 1 aliphatic carbocycles. The molecule has 130 valence electrons. The third kappa shape index (κ3) is 3.20. The summed E-state index contributed by atoms with van der Waals surface area (Å²) in [5, 5.41) is 0. The van der Waals surface area contributed by atoms with Gasteiger partial charge in [0.1, 0.15) is 11.3 Å². The molecule has 0 saturated heterocycles. The second-order valence-electron chi connectivity index (χ2n) is 6.59. The number of halogens is 1. The minimum Gasteiger partial charge on any atom is -0.336 e. The summed E-state index contributed by atoms with van der Waals surface area (Å²) in [6, 6.07) is 8.00. The SMILES string of the molecule is O=c1[nH]c(=O)n(CCc2ccc(Br)cc2)c2nc(C3CCCC3)[nH]c12. The Morgan fingerprint density at radius 3 is 2.56 bits per heavy atom. The average molecular weight is 403 g/mol. The number of hydrogen-bond acceptors (Lipinski definition) is 3. The van der Waals surface area contributed by atoms with Gasteiger partial charge in [-0.05, 0) is 37.0 Å². The van der Waals surface area contributed by atoms with Crippen LogP contribution < -0.4 is 11.2 Å². The summed E-state index contributed by atoms with van der Waals surface area (Å²) in [5.41, 5.74) is 1.20. The van der Waals surface area contributed by atoms with E-state index in [4.69, 9.17) is 0 Å². The van der Waals surface area contributed by atoms with Crippen LogP contribution in [0.15, 0.2) is 38.3 Å². The fraction of sp³-hybridized carbons (Fsp3) is 0.389. The first kappa shape index (κ1) is 16.3. The second-order valence-corrected chi connectivity index (χ2v) is 7.51. The molecule has 2 aromatic heterocycles. The molecular weight excluding hydrogens is 384 g/mol. The highest BCUT2D eigenvalue weighted by Gasteiger charge is 2.22. The van der Waals surface area contributed by atoms with Crippen molar-refractivity contribution < 1.29 is 0 Å². The van der Waals surface area contributed by atoms with Crippen LogP contribution in [0.3, 0.4) is 0 Å². The van der Waals surface area contributed by atoms with Gasteiger partial charge in [0.25, 0.3) is 5.56 Å². The maximum Gasteiger partial charge on any atom is 0.330 e. The number of nitrogens with zero attached hydrogens (tertiary/aromatic N) is 2. The van der Waals surface area contributed by atoms with Crippen LogP contribution in [-0.4, -0.2) is 19.5 Å². The zero-order chi connectivity index (χ0) is 17.4. The first-order chi connectivity index (χ1) is 12.1. The summed E-state index contributed by atoms with van der Waals surface area (Å²) in [5.74, 6) is 1.20. The van der Waals surface area contributed by atoms with E-state index in [1.165, 1.54) is 12.8 Å². The lowest BCUT2D eigenvalue weighted by atomic mass is 10.1. The van der Waals surface area contributed by atoms with E-state index in [0.717, 1.165) is 28.7 Å². The molecule has 1 aromatic carbocycles. The fourth-order valence-electron chi connectivity index (χ4n) is 3.55. The molecule has 0 aliphatic heterocycles. The van der Waals surface area contributed by atoms with E-state index in [-0.39, 0.29) is 0 Å². The van der Waals surface area contributed by atoms with Gasteiger partial charge in [0.2, 0.25) is 0 Å². The predicted molar refractivity (Wildman–Crippen MR) is 100 cm³/mol. The van der Waals surface area contributed by atoms with Gasteiger partial charge in [0.15, 0.2) is 5.65 Å². The summed E-state index contributed by atoms with van der Waals surface area (Å²) in [6.07, 6.45) is 5.24. The molecule has 1 fully saturated rings. The monoisotopic (exact) mass is 402 g/mol. The highest BCUT2D eigenvalue weighted by molar-refractivity contribution is 9.10. The molecule has 2 heterocycles. The van der Waals surface area contributed by atoms with E-state index in [2.05, 4.69) is 30.9 Å². The smallest absolute Gasteiger partial charge is 0.330 e. The molecule has 0 atom stereocenters. The van der Waals surface area contributed by atoms with Crippen molar-refractivity contribution in [1.82, 2.24) is 19.5 Å². The van der Waals surface area contributed by atoms with E-state index in [0.29, 0.717) is 30.0 Å². The number of imidazole rings is 1. The average Bonchev–Trinajstić information content (AvgIpc) is 3.25. The normalized spacial score (nSPS) is 15.2. The first-order valence-corrected chi connectivity index (χ1v) is 9.38. The van der Waals surface area contributed by atoms with Crippen LogP contribution in [0.4, 0.5) is 0 Å². The van der Waals surface area contributed by atoms with E-state index in [9.17, 15) is 9.59 Å². The van der Waals surface area contributed by atoms with E-state index in [1.807, 2.05) is 24.3 Å². The topological polar surface area (TPSA) is 83.5 Å². The Morgan fingerprint density at radius 1 is 1.12 bits per heavy atom. The minimum absolute atomic E-state index is 0.363. The molecule has 4 rings (SSSR count). The van der Waals surface area contributed by atoms with Crippen molar-refractivity contribution in [3.05, 3.63) is 61.0 Å². The lowest BCUT2D eigenvalue weighted by Gasteiger charge is -2.06. The Hall–Kier alpha value is -2.15. The molecule has 2 N–H and O–H groups in total. The Kier molecular flexibility index (Phi) is 4.33. The molecule has 0 unspecified atom stereocenters. The second kappa shape index (κ2) is 6.63. The molecule has 0 spiro atoms. The van der Waals surface area contributed by atoms with Crippen LogP contribution >= 0.6 is 15.9 Å². The van der Waals surface area contributed by atoms with Crippen molar-refractivity contribution in [3.63, 3.8) is 0 Å². The summed E-state index contributed by atoms with van der Waals surface area (Å²) >= 11 is 3.42. The van der Waals surface area contributed by atoms with Crippen molar-refractivity contribution in [3.8, 4) is 0 Å². The van der Waals surface area contributed by atoms with Crippen LogP contribution in [0.5, 0.6) is 0 Å². The van der Waals surface area contributed by atoms with Crippen LogP contribution in [0.1, 0.15) is 43.0 Å². The Morgan fingerprint density at radius 2 is 1.84 bits per heavy atom. The Bertz CT molecular complexity index is 1010. The molecule has 25 heavy (non-hydrogen) atoms. The molecule has 0 radical (unpaired) electrons. The van der Waals surface area contributed by atoms with Gasteiger partial charge in [-0.3, -0.25) is 14.3 Å². The van der Waals surface area contributed by atoms with E-state index >= 15 is 0 Å². The molecule has 0 amide bonds. The van der Waals surface area contributed by atoms with Crippen molar-refractivity contribution in [2.75, 3.05) is 0 Å². The number of benzene rings is 1. The lowest BCUT2D eigenvalue weighted by molar-refractivity contribution is 0.658. The van der Waals surface area contributed by atoms with Crippen molar-refractivity contribution in [2.24, 2.45) is 0 Å². The Balaban J connectivity index is 1.70. The fourth-order valence-corrected chi connectivity index (χ4v) is 3.82. The number of rotatable bonds is 4. The van der Waals surface area contributed by atoms with E-state index in [1.54, 1.807) is 4.57 Å². The number of aromatic amines is 2. The van der Waals surface area contributed by atoms with Crippen LogP contribution in [0, 0.1) is 0 Å². The van der Waals surface area contributed by atoms with Crippen molar-refractivity contribution in [2.45, 2.75) is 44.6 Å². The minimum atomic E-state index is -0.404. The summed E-state index contributed by atoms with van der Waals surface area (Å²) in [6.45, 7) is 0.475. The molecule has 1 saturated carbocycles. The number of fused-ring (bicyclic) bond motifs is 1. The molecule has 3 aromatic rings. The Labute approximate surface area is 152 Å². The van der Waals surface area contributed by atoms with Crippen LogP contribution in [0.25, 0.3) is 11.2 Å². The van der Waals surface area contributed by atoms with Gasteiger partial charge in [-0.1, -0.05) is 40.9 Å². The molecule has 1 aliphatic rings. The van der Waals surface area contributed by atoms with Crippen molar-refractivity contribution in [1.29, 1.82) is 0 Å². The van der Waals surface area contributed by atoms with Gasteiger partial charge in [0, 0.05) is 16.9 Å².